The lowest BCUT2D eigenvalue weighted by Crippen LogP contribution is -2.09. The highest BCUT2D eigenvalue weighted by atomic mass is 16.4. The van der Waals surface area contributed by atoms with Crippen molar-refractivity contribution in [3.63, 3.8) is 0 Å². The Morgan fingerprint density at radius 1 is 0.345 bits per heavy atom. The number of para-hydroxylation sites is 1. The summed E-state index contributed by atoms with van der Waals surface area (Å²) in [6.07, 6.45) is 0. The molecule has 0 aliphatic rings. The van der Waals surface area contributed by atoms with Gasteiger partial charge in [-0.1, -0.05) is 115 Å². The molecular weight excluding hydrogens is 673 g/mol. The summed E-state index contributed by atoms with van der Waals surface area (Å²) in [6.45, 7) is 0. The minimum Gasteiger partial charge on any atom is -0.456 e. The van der Waals surface area contributed by atoms with Gasteiger partial charge >= 0.3 is 0 Å². The molecule has 0 amide bonds. The van der Waals surface area contributed by atoms with Gasteiger partial charge in [0.15, 0.2) is 5.58 Å². The summed E-state index contributed by atoms with van der Waals surface area (Å²) in [5.41, 5.74) is 12.0. The van der Waals surface area contributed by atoms with Gasteiger partial charge in [0.1, 0.15) is 16.7 Å². The van der Waals surface area contributed by atoms with Gasteiger partial charge in [0.25, 0.3) is 0 Å². The highest BCUT2D eigenvalue weighted by molar-refractivity contribution is 6.14. The molecule has 0 atom stereocenters. The number of rotatable bonds is 6. The molecule has 4 heteroatoms. The van der Waals surface area contributed by atoms with E-state index in [0.29, 0.717) is 11.5 Å². The van der Waals surface area contributed by atoms with Gasteiger partial charge in [-0.3, -0.25) is 0 Å². The van der Waals surface area contributed by atoms with Crippen LogP contribution in [-0.4, -0.2) is 4.98 Å². The van der Waals surface area contributed by atoms with E-state index in [1.54, 1.807) is 0 Å². The van der Waals surface area contributed by atoms with Crippen LogP contribution in [0.25, 0.3) is 88.3 Å². The lowest BCUT2D eigenvalue weighted by Gasteiger charge is -2.26. The lowest BCUT2D eigenvalue weighted by molar-refractivity contribution is 0.617. The van der Waals surface area contributed by atoms with Crippen LogP contribution in [0.3, 0.4) is 0 Å². The molecule has 0 saturated carbocycles. The third kappa shape index (κ3) is 5.34. The number of nitrogens with zero attached hydrogens (tertiary/aromatic N) is 2. The minimum absolute atomic E-state index is 0.607. The molecule has 0 radical (unpaired) electrons. The third-order valence-electron chi connectivity index (χ3n) is 10.7. The fourth-order valence-electron chi connectivity index (χ4n) is 7.99. The zero-order valence-corrected chi connectivity index (χ0v) is 29.7. The van der Waals surface area contributed by atoms with E-state index in [4.69, 9.17) is 13.8 Å². The Labute approximate surface area is 317 Å². The zero-order valence-electron chi connectivity index (χ0n) is 29.7. The van der Waals surface area contributed by atoms with Crippen molar-refractivity contribution in [2.24, 2.45) is 0 Å². The Hall–Kier alpha value is -7.43. The molecule has 0 aliphatic carbocycles. The van der Waals surface area contributed by atoms with Crippen molar-refractivity contribution in [1.82, 2.24) is 4.98 Å². The number of hydrogen-bond acceptors (Lipinski definition) is 4. The summed E-state index contributed by atoms with van der Waals surface area (Å²) in [4.78, 5) is 7.08. The largest absolute Gasteiger partial charge is 0.456 e. The summed E-state index contributed by atoms with van der Waals surface area (Å²) in [6, 6.07) is 68.3. The Bertz CT molecular complexity index is 3180. The van der Waals surface area contributed by atoms with Gasteiger partial charge in [0, 0.05) is 39.5 Å². The summed E-state index contributed by atoms with van der Waals surface area (Å²) >= 11 is 0. The van der Waals surface area contributed by atoms with Crippen molar-refractivity contribution in [2.75, 3.05) is 4.90 Å². The molecule has 9 aromatic carbocycles. The average molecular weight is 705 g/mol. The number of aromatic nitrogens is 1. The fourth-order valence-corrected chi connectivity index (χ4v) is 7.99. The number of anilines is 3. The van der Waals surface area contributed by atoms with Crippen molar-refractivity contribution in [1.29, 1.82) is 0 Å². The summed E-state index contributed by atoms with van der Waals surface area (Å²) in [7, 11) is 0. The molecule has 55 heavy (non-hydrogen) atoms. The van der Waals surface area contributed by atoms with Gasteiger partial charge in [-0.2, -0.15) is 0 Å². The van der Waals surface area contributed by atoms with Gasteiger partial charge in [0.05, 0.1) is 0 Å². The first-order valence-corrected chi connectivity index (χ1v) is 18.5. The molecule has 2 heterocycles. The molecule has 11 rings (SSSR count). The van der Waals surface area contributed by atoms with Crippen LogP contribution >= 0.6 is 0 Å². The number of hydrogen-bond donors (Lipinski definition) is 0. The Kier molecular flexibility index (Phi) is 7.14. The SMILES string of the molecule is c1ccc(-c2nc3cc4c(cc3o2)oc2cc(-c3ccc(N(c5ccccc5)c5ccc(-c6cc7ccccc7c7ccccc67)cc5)cc3)ccc24)cc1. The van der Waals surface area contributed by atoms with Gasteiger partial charge < -0.3 is 13.7 Å². The molecule has 0 N–H and O–H groups in total. The highest BCUT2D eigenvalue weighted by Crippen LogP contribution is 2.40. The minimum atomic E-state index is 0.607. The first kappa shape index (κ1) is 31.1. The molecule has 0 aliphatic heterocycles. The van der Waals surface area contributed by atoms with Gasteiger partial charge in [-0.15, -0.1) is 0 Å². The van der Waals surface area contributed by atoms with Gasteiger partial charge in [-0.25, -0.2) is 4.98 Å². The molecule has 0 saturated heterocycles. The fraction of sp³-hybridized carbons (Fsp3) is 0. The van der Waals surface area contributed by atoms with E-state index in [9.17, 15) is 0 Å². The quantitative estimate of drug-likeness (QED) is 0.162. The first-order chi connectivity index (χ1) is 27.2. The van der Waals surface area contributed by atoms with Crippen LogP contribution in [-0.2, 0) is 0 Å². The van der Waals surface area contributed by atoms with Crippen LogP contribution in [0.2, 0.25) is 0 Å². The van der Waals surface area contributed by atoms with E-state index in [1.807, 2.05) is 36.4 Å². The Morgan fingerprint density at radius 2 is 0.945 bits per heavy atom. The summed E-state index contributed by atoms with van der Waals surface area (Å²) in [5.74, 6) is 0.607. The summed E-state index contributed by atoms with van der Waals surface area (Å²) < 4.78 is 12.5. The summed E-state index contributed by atoms with van der Waals surface area (Å²) in [5, 5.41) is 7.13. The molecule has 0 spiro atoms. The third-order valence-corrected chi connectivity index (χ3v) is 10.7. The van der Waals surface area contributed by atoms with Crippen molar-refractivity contribution >= 4 is 71.6 Å². The molecule has 0 fully saturated rings. The maximum atomic E-state index is 6.41. The number of fused-ring (bicyclic) bond motifs is 7. The molecule has 258 valence electrons. The standard InChI is InChI=1S/C51H32N2O2/c1-3-11-35(12-4-1)51-52-47-31-46-44-28-23-36(30-48(44)54-49(46)32-50(47)55-51)33-19-24-39(25-20-33)53(38-14-5-2-6-15-38)40-26-21-34(22-27-40)45-29-37-13-7-8-16-41(37)42-17-9-10-18-43(42)45/h1-32H. The van der Waals surface area contributed by atoms with E-state index >= 15 is 0 Å². The van der Waals surface area contributed by atoms with E-state index in [-0.39, 0.29) is 0 Å². The van der Waals surface area contributed by atoms with Crippen LogP contribution in [0.4, 0.5) is 17.1 Å². The smallest absolute Gasteiger partial charge is 0.227 e. The maximum Gasteiger partial charge on any atom is 0.227 e. The van der Waals surface area contributed by atoms with Gasteiger partial charge in [0.2, 0.25) is 5.89 Å². The molecule has 11 aromatic rings. The van der Waals surface area contributed by atoms with Crippen LogP contribution in [0.5, 0.6) is 0 Å². The predicted molar refractivity (Wildman–Crippen MR) is 227 cm³/mol. The Morgan fingerprint density at radius 3 is 1.71 bits per heavy atom. The second-order valence-corrected chi connectivity index (χ2v) is 14.0. The van der Waals surface area contributed by atoms with E-state index in [2.05, 4.69) is 163 Å². The second-order valence-electron chi connectivity index (χ2n) is 14.0. The van der Waals surface area contributed by atoms with Crippen LogP contribution < -0.4 is 4.90 Å². The van der Waals surface area contributed by atoms with Crippen molar-refractivity contribution in [3.8, 4) is 33.7 Å². The average Bonchev–Trinajstić information content (AvgIpc) is 3.84. The normalized spacial score (nSPS) is 11.6. The zero-order chi connectivity index (χ0) is 36.3. The van der Waals surface area contributed by atoms with Crippen LogP contribution in [0.1, 0.15) is 0 Å². The highest BCUT2D eigenvalue weighted by Gasteiger charge is 2.17. The maximum absolute atomic E-state index is 6.41. The monoisotopic (exact) mass is 704 g/mol. The molecular formula is C51H32N2O2. The van der Waals surface area contributed by atoms with Crippen molar-refractivity contribution < 1.29 is 8.83 Å². The van der Waals surface area contributed by atoms with Crippen molar-refractivity contribution in [3.05, 3.63) is 194 Å². The first-order valence-electron chi connectivity index (χ1n) is 18.5. The van der Waals surface area contributed by atoms with E-state index < -0.39 is 0 Å². The van der Waals surface area contributed by atoms with Crippen molar-refractivity contribution in [2.45, 2.75) is 0 Å². The second kappa shape index (κ2) is 12.6. The molecule has 2 aromatic heterocycles. The Balaban J connectivity index is 0.927. The predicted octanol–water partition coefficient (Wildman–Crippen LogP) is 14.5. The number of oxazole rings is 1. The number of benzene rings is 9. The van der Waals surface area contributed by atoms with Crippen LogP contribution in [0, 0.1) is 0 Å². The molecule has 0 bridgehead atoms. The molecule has 0 unspecified atom stereocenters. The van der Waals surface area contributed by atoms with E-state index in [0.717, 1.165) is 61.2 Å². The van der Waals surface area contributed by atoms with Gasteiger partial charge in [-0.05, 0) is 117 Å². The van der Waals surface area contributed by atoms with E-state index in [1.165, 1.54) is 32.7 Å². The lowest BCUT2D eigenvalue weighted by atomic mass is 9.93. The number of furan rings is 1. The van der Waals surface area contributed by atoms with Crippen LogP contribution in [0.15, 0.2) is 203 Å². The molecule has 4 nitrogen and oxygen atoms in total. The topological polar surface area (TPSA) is 42.4 Å².